The second kappa shape index (κ2) is 10.9. The Balaban J connectivity index is 1.62. The molecule has 2 amide bonds. The van der Waals surface area contributed by atoms with Crippen molar-refractivity contribution in [1.82, 2.24) is 20.5 Å². The van der Waals surface area contributed by atoms with Crippen molar-refractivity contribution in [1.29, 1.82) is 0 Å². The molecular formula is C23H26N6O4S. The van der Waals surface area contributed by atoms with E-state index in [9.17, 15) is 19.7 Å². The van der Waals surface area contributed by atoms with Gasteiger partial charge in [0, 0.05) is 23.4 Å². The van der Waals surface area contributed by atoms with Gasteiger partial charge in [0.1, 0.15) is 5.82 Å². The van der Waals surface area contributed by atoms with E-state index in [1.54, 1.807) is 0 Å². The lowest BCUT2D eigenvalue weighted by molar-refractivity contribution is -0.384. The van der Waals surface area contributed by atoms with Crippen molar-refractivity contribution in [2.45, 2.75) is 38.9 Å². The predicted octanol–water partition coefficient (Wildman–Crippen LogP) is 4.19. The molecule has 11 heteroatoms. The quantitative estimate of drug-likeness (QED) is 0.236. The molecule has 3 rings (SSSR count). The number of carbonyl (C=O) groups excluding carboxylic acids is 2. The number of non-ortho nitro benzene ring substituents is 1. The molecule has 0 bridgehead atoms. The summed E-state index contributed by atoms with van der Waals surface area (Å²) in [4.78, 5) is 39.9. The van der Waals surface area contributed by atoms with E-state index in [-0.39, 0.29) is 28.8 Å². The molecule has 0 saturated carbocycles. The fourth-order valence-corrected chi connectivity index (χ4v) is 3.75. The first-order valence-electron chi connectivity index (χ1n) is 10.6. The number of thioether (sulfide) groups is 1. The van der Waals surface area contributed by atoms with E-state index in [0.29, 0.717) is 11.0 Å². The number of aryl methyl sites for hydroxylation is 2. The number of rotatable bonds is 9. The molecule has 3 aromatic rings. The van der Waals surface area contributed by atoms with E-state index >= 15 is 0 Å². The summed E-state index contributed by atoms with van der Waals surface area (Å²) in [5.41, 5.74) is 2.99. The number of nitro benzene ring substituents is 1. The molecule has 1 aromatic heterocycles. The van der Waals surface area contributed by atoms with Crippen LogP contribution in [0.1, 0.15) is 47.2 Å². The number of hydrogen-bond acceptors (Lipinski definition) is 7. The van der Waals surface area contributed by atoms with Crippen LogP contribution in [-0.4, -0.2) is 37.7 Å². The molecular weight excluding hydrogens is 456 g/mol. The predicted molar refractivity (Wildman–Crippen MR) is 130 cm³/mol. The van der Waals surface area contributed by atoms with Crippen LogP contribution < -0.4 is 10.6 Å². The summed E-state index contributed by atoms with van der Waals surface area (Å²) >= 11 is 1.17. The normalized spacial score (nSPS) is 11.8. The number of hydrogen-bond donors (Lipinski definition) is 3. The topological polar surface area (TPSA) is 143 Å². The lowest BCUT2D eigenvalue weighted by Gasteiger charge is -2.19. The van der Waals surface area contributed by atoms with Crippen molar-refractivity contribution in [2.75, 3.05) is 11.1 Å². The summed E-state index contributed by atoms with van der Waals surface area (Å²) in [5.74, 6) is -0.122. The number of carbonyl (C=O) groups is 2. The number of aromatic amines is 1. The highest BCUT2D eigenvalue weighted by Crippen LogP contribution is 2.23. The molecule has 0 radical (unpaired) electrons. The van der Waals surface area contributed by atoms with Gasteiger partial charge < -0.3 is 10.6 Å². The van der Waals surface area contributed by atoms with E-state index in [4.69, 9.17) is 0 Å². The minimum atomic E-state index is -0.549. The molecule has 0 aliphatic rings. The minimum absolute atomic E-state index is 0.0403. The van der Waals surface area contributed by atoms with Gasteiger partial charge in [0.15, 0.2) is 0 Å². The molecule has 0 unspecified atom stereocenters. The molecule has 1 atom stereocenters. The summed E-state index contributed by atoms with van der Waals surface area (Å²) in [7, 11) is 0. The van der Waals surface area contributed by atoms with Crippen molar-refractivity contribution >= 4 is 35.0 Å². The Morgan fingerprint density at radius 3 is 2.59 bits per heavy atom. The first-order valence-corrected chi connectivity index (χ1v) is 11.6. The summed E-state index contributed by atoms with van der Waals surface area (Å²) in [6.07, 6.45) is 0. The summed E-state index contributed by atoms with van der Waals surface area (Å²) < 4.78 is 0. The fraction of sp³-hybridized carbons (Fsp3) is 0.304. The summed E-state index contributed by atoms with van der Waals surface area (Å²) in [5, 5.41) is 24.0. The van der Waals surface area contributed by atoms with Crippen LogP contribution in [-0.2, 0) is 4.79 Å². The standard InChI is InChI=1S/C23H26N6O4S/c1-13(2)20(25-22(31)16-6-5-7-18(11-16)29(32)33)21-26-23(28-27-21)34-12-19(30)24-17-9-8-14(3)15(4)10-17/h5-11,13,20H,12H2,1-4H3,(H,24,30)(H,25,31)(H,26,27,28)/t20-/m1/s1. The third-order valence-electron chi connectivity index (χ3n) is 5.17. The first kappa shape index (κ1) is 24.9. The van der Waals surface area contributed by atoms with E-state index in [1.807, 2.05) is 45.9 Å². The largest absolute Gasteiger partial charge is 0.342 e. The number of amides is 2. The van der Waals surface area contributed by atoms with Gasteiger partial charge in [-0.25, -0.2) is 4.98 Å². The van der Waals surface area contributed by atoms with Crippen LogP contribution in [0.4, 0.5) is 11.4 Å². The van der Waals surface area contributed by atoms with E-state index < -0.39 is 16.9 Å². The third kappa shape index (κ3) is 6.41. The highest BCUT2D eigenvalue weighted by atomic mass is 32.2. The van der Waals surface area contributed by atoms with Crippen LogP contribution in [0.2, 0.25) is 0 Å². The van der Waals surface area contributed by atoms with Crippen LogP contribution in [0.25, 0.3) is 0 Å². The second-order valence-corrected chi connectivity index (χ2v) is 9.08. The van der Waals surface area contributed by atoms with E-state index in [1.165, 1.54) is 36.0 Å². The van der Waals surface area contributed by atoms with Gasteiger partial charge in [-0.2, -0.15) is 0 Å². The Bertz CT molecular complexity index is 1210. The van der Waals surface area contributed by atoms with Crippen molar-refractivity contribution in [3.8, 4) is 0 Å². The van der Waals surface area contributed by atoms with Crippen LogP contribution in [0.3, 0.4) is 0 Å². The highest BCUT2D eigenvalue weighted by molar-refractivity contribution is 7.99. The molecule has 0 saturated heterocycles. The number of benzene rings is 2. The number of anilines is 1. The Labute approximate surface area is 201 Å². The first-order chi connectivity index (χ1) is 16.1. The number of nitrogens with one attached hydrogen (secondary N) is 3. The maximum Gasteiger partial charge on any atom is 0.270 e. The zero-order valence-corrected chi connectivity index (χ0v) is 20.1. The maximum absolute atomic E-state index is 12.7. The lowest BCUT2D eigenvalue weighted by atomic mass is 10.0. The van der Waals surface area contributed by atoms with Gasteiger partial charge in [-0.05, 0) is 49.1 Å². The zero-order valence-electron chi connectivity index (χ0n) is 19.3. The molecule has 178 valence electrons. The van der Waals surface area contributed by atoms with Crippen molar-refractivity contribution in [2.24, 2.45) is 5.92 Å². The van der Waals surface area contributed by atoms with Crippen LogP contribution in [0.15, 0.2) is 47.6 Å². The highest BCUT2D eigenvalue weighted by Gasteiger charge is 2.24. The molecule has 0 aliphatic carbocycles. The number of H-pyrrole nitrogens is 1. The van der Waals surface area contributed by atoms with Crippen LogP contribution in [0.5, 0.6) is 0 Å². The minimum Gasteiger partial charge on any atom is -0.342 e. The average molecular weight is 483 g/mol. The maximum atomic E-state index is 12.7. The smallest absolute Gasteiger partial charge is 0.270 e. The molecule has 0 spiro atoms. The Hall–Kier alpha value is -3.73. The molecule has 34 heavy (non-hydrogen) atoms. The van der Waals surface area contributed by atoms with Crippen LogP contribution in [0, 0.1) is 29.9 Å². The van der Waals surface area contributed by atoms with Gasteiger partial charge in [0.2, 0.25) is 11.1 Å². The van der Waals surface area contributed by atoms with Gasteiger partial charge in [0.05, 0.1) is 16.7 Å². The van der Waals surface area contributed by atoms with E-state index in [0.717, 1.165) is 16.8 Å². The van der Waals surface area contributed by atoms with E-state index in [2.05, 4.69) is 25.8 Å². The molecule has 1 heterocycles. The van der Waals surface area contributed by atoms with Crippen LogP contribution >= 0.6 is 11.8 Å². The Morgan fingerprint density at radius 1 is 1.15 bits per heavy atom. The number of nitro groups is 1. The average Bonchev–Trinajstić information content (AvgIpc) is 3.27. The van der Waals surface area contributed by atoms with Crippen molar-refractivity contribution in [3.05, 3.63) is 75.1 Å². The molecule has 10 nitrogen and oxygen atoms in total. The van der Waals surface area contributed by atoms with Gasteiger partial charge in [-0.3, -0.25) is 24.8 Å². The molecule has 0 aliphatic heterocycles. The molecule has 2 aromatic carbocycles. The Morgan fingerprint density at radius 2 is 1.91 bits per heavy atom. The number of nitrogens with zero attached hydrogens (tertiary/aromatic N) is 3. The van der Waals surface area contributed by atoms with Gasteiger partial charge >= 0.3 is 0 Å². The Kier molecular flexibility index (Phi) is 8.00. The summed E-state index contributed by atoms with van der Waals surface area (Å²) in [6, 6.07) is 10.7. The van der Waals surface area contributed by atoms with Gasteiger partial charge in [0.25, 0.3) is 11.6 Å². The third-order valence-corrected chi connectivity index (χ3v) is 6.02. The monoisotopic (exact) mass is 482 g/mol. The molecule has 3 N–H and O–H groups in total. The van der Waals surface area contributed by atoms with Crippen molar-refractivity contribution in [3.63, 3.8) is 0 Å². The zero-order chi connectivity index (χ0) is 24.8. The SMILES string of the molecule is Cc1ccc(NC(=O)CSc2n[nH]c([C@H](NC(=O)c3cccc([N+](=O)[O-])c3)C(C)C)n2)cc1C. The second-order valence-electron chi connectivity index (χ2n) is 8.14. The lowest BCUT2D eigenvalue weighted by Crippen LogP contribution is -2.32. The fourth-order valence-electron chi connectivity index (χ4n) is 3.14. The number of aromatic nitrogens is 3. The van der Waals surface area contributed by atoms with Gasteiger partial charge in [-0.1, -0.05) is 37.7 Å². The molecule has 0 fully saturated rings. The summed E-state index contributed by atoms with van der Waals surface area (Å²) in [6.45, 7) is 7.81. The van der Waals surface area contributed by atoms with Crippen molar-refractivity contribution < 1.29 is 14.5 Å². The van der Waals surface area contributed by atoms with Gasteiger partial charge in [-0.15, -0.1) is 5.10 Å².